The third-order valence-corrected chi connectivity index (χ3v) is 4.29. The minimum atomic E-state index is -0.810. The van der Waals surface area contributed by atoms with Crippen molar-refractivity contribution in [3.05, 3.63) is 42.4 Å². The first kappa shape index (κ1) is 15.2. The van der Waals surface area contributed by atoms with Gasteiger partial charge >= 0.3 is 7.12 Å². The van der Waals surface area contributed by atoms with E-state index < -0.39 is 30.2 Å². The van der Waals surface area contributed by atoms with Crippen LogP contribution >= 0.6 is 0 Å². The van der Waals surface area contributed by atoms with E-state index in [1.165, 1.54) is 18.3 Å². The first-order chi connectivity index (χ1) is 10.2. The Labute approximate surface area is 128 Å². The summed E-state index contributed by atoms with van der Waals surface area (Å²) < 4.78 is 40.6. The lowest BCUT2D eigenvalue weighted by Crippen LogP contribution is -2.41. The summed E-state index contributed by atoms with van der Waals surface area (Å²) in [5.74, 6) is -0.528. The molecule has 0 radical (unpaired) electrons. The van der Waals surface area contributed by atoms with Crippen LogP contribution in [-0.2, 0) is 9.31 Å². The summed E-state index contributed by atoms with van der Waals surface area (Å²) in [7, 11) is -0.785. The Morgan fingerprint density at radius 3 is 2.23 bits per heavy atom. The van der Waals surface area contributed by atoms with E-state index in [4.69, 9.17) is 9.31 Å². The zero-order chi connectivity index (χ0) is 16.1. The number of nitrogens with zero attached hydrogens (tertiary/aromatic N) is 2. The summed E-state index contributed by atoms with van der Waals surface area (Å²) in [6, 6.07) is 5.92. The lowest BCUT2D eigenvalue weighted by Gasteiger charge is -2.32. The van der Waals surface area contributed by atoms with Gasteiger partial charge in [-0.3, -0.25) is 4.57 Å². The molecule has 7 heteroatoms. The minimum absolute atomic E-state index is 0.0928. The second-order valence-corrected chi connectivity index (χ2v) is 6.34. The molecule has 4 nitrogen and oxygen atoms in total. The first-order valence-electron chi connectivity index (χ1n) is 7.06. The molecule has 22 heavy (non-hydrogen) atoms. The van der Waals surface area contributed by atoms with E-state index in [0.717, 1.165) is 4.57 Å². The summed E-state index contributed by atoms with van der Waals surface area (Å²) in [4.78, 5) is 3.82. The van der Waals surface area contributed by atoms with E-state index in [2.05, 4.69) is 4.98 Å². The smallest absolute Gasteiger partial charge is 0.398 e. The van der Waals surface area contributed by atoms with Gasteiger partial charge in [-0.05, 0) is 39.8 Å². The standard InChI is InChI=1S/C15H17BF2N2O2/c1-14(2)15(3,4)22-16(21-14)12-9-20(13(18)19-12)11-8-6-5-7-10(11)17/h5-9H,1-4H3. The number of benzene rings is 1. The van der Waals surface area contributed by atoms with Crippen molar-refractivity contribution in [1.82, 2.24) is 9.55 Å². The van der Waals surface area contributed by atoms with Crippen LogP contribution in [0, 0.1) is 11.9 Å². The van der Waals surface area contributed by atoms with Crippen molar-refractivity contribution in [2.45, 2.75) is 38.9 Å². The van der Waals surface area contributed by atoms with Crippen LogP contribution in [0.4, 0.5) is 8.78 Å². The lowest BCUT2D eigenvalue weighted by molar-refractivity contribution is 0.00578. The number of halogens is 2. The molecule has 1 aliphatic heterocycles. The molecule has 0 atom stereocenters. The third kappa shape index (κ3) is 2.34. The summed E-state index contributed by atoms with van der Waals surface area (Å²) in [6.07, 6.45) is 0.588. The van der Waals surface area contributed by atoms with E-state index in [0.29, 0.717) is 0 Å². The maximum atomic E-state index is 14.1. The largest absolute Gasteiger partial charge is 0.516 e. The Balaban J connectivity index is 1.96. The molecule has 1 aromatic carbocycles. The van der Waals surface area contributed by atoms with Gasteiger partial charge in [-0.25, -0.2) is 9.37 Å². The maximum absolute atomic E-state index is 14.1. The summed E-state index contributed by atoms with van der Waals surface area (Å²) in [5.41, 5.74) is -0.721. The van der Waals surface area contributed by atoms with Crippen molar-refractivity contribution in [2.75, 3.05) is 0 Å². The fourth-order valence-electron chi connectivity index (χ4n) is 2.27. The fourth-order valence-corrected chi connectivity index (χ4v) is 2.27. The van der Waals surface area contributed by atoms with Crippen LogP contribution in [0.15, 0.2) is 30.5 Å². The highest BCUT2D eigenvalue weighted by Crippen LogP contribution is 2.36. The van der Waals surface area contributed by atoms with E-state index in [1.54, 1.807) is 12.1 Å². The van der Waals surface area contributed by atoms with Crippen LogP contribution in [-0.4, -0.2) is 27.9 Å². The second kappa shape index (κ2) is 4.89. The molecular weight excluding hydrogens is 289 g/mol. The van der Waals surface area contributed by atoms with Crippen molar-refractivity contribution in [3.8, 4) is 5.69 Å². The van der Waals surface area contributed by atoms with Crippen molar-refractivity contribution >= 4 is 12.7 Å². The van der Waals surface area contributed by atoms with Crippen LogP contribution in [0.5, 0.6) is 0 Å². The van der Waals surface area contributed by atoms with Gasteiger partial charge in [0.05, 0.1) is 22.5 Å². The average Bonchev–Trinajstić information content (AvgIpc) is 2.89. The predicted molar refractivity (Wildman–Crippen MR) is 79.2 cm³/mol. The van der Waals surface area contributed by atoms with Gasteiger partial charge in [0.2, 0.25) is 0 Å². The van der Waals surface area contributed by atoms with E-state index in [1.807, 2.05) is 27.7 Å². The molecule has 0 unspecified atom stereocenters. The van der Waals surface area contributed by atoms with Crippen LogP contribution in [0.25, 0.3) is 5.69 Å². The van der Waals surface area contributed by atoms with E-state index >= 15 is 0 Å². The molecule has 0 aliphatic carbocycles. The van der Waals surface area contributed by atoms with Gasteiger partial charge in [-0.15, -0.1) is 0 Å². The van der Waals surface area contributed by atoms with Crippen molar-refractivity contribution in [3.63, 3.8) is 0 Å². The Morgan fingerprint density at radius 1 is 1.05 bits per heavy atom. The normalized spacial score (nSPS) is 19.6. The topological polar surface area (TPSA) is 36.3 Å². The highest BCUT2D eigenvalue weighted by atomic mass is 19.1. The van der Waals surface area contributed by atoms with E-state index in [-0.39, 0.29) is 11.3 Å². The zero-order valence-corrected chi connectivity index (χ0v) is 12.9. The molecule has 0 spiro atoms. The van der Waals surface area contributed by atoms with Gasteiger partial charge in [-0.1, -0.05) is 12.1 Å². The van der Waals surface area contributed by atoms with E-state index in [9.17, 15) is 8.78 Å². The SMILES string of the molecule is CC1(C)OB(c2cn(-c3ccccc3F)c(F)n2)OC1(C)C. The second-order valence-electron chi connectivity index (χ2n) is 6.34. The molecule has 116 valence electrons. The van der Waals surface area contributed by atoms with Crippen LogP contribution < -0.4 is 5.59 Å². The molecule has 1 fully saturated rings. The van der Waals surface area contributed by atoms with Crippen LogP contribution in [0.2, 0.25) is 0 Å². The summed E-state index contributed by atoms with van der Waals surface area (Å²) >= 11 is 0. The van der Waals surface area contributed by atoms with Gasteiger partial charge in [0.1, 0.15) is 5.82 Å². The number of imidazole rings is 1. The molecule has 0 N–H and O–H groups in total. The molecule has 2 heterocycles. The van der Waals surface area contributed by atoms with Gasteiger partial charge in [0.25, 0.3) is 6.08 Å². The first-order valence-corrected chi connectivity index (χ1v) is 7.06. The quantitative estimate of drug-likeness (QED) is 0.800. The molecule has 2 aromatic rings. The summed E-state index contributed by atoms with van der Waals surface area (Å²) in [6.45, 7) is 7.60. The highest BCUT2D eigenvalue weighted by Gasteiger charge is 2.52. The minimum Gasteiger partial charge on any atom is -0.398 e. The molecule has 1 aromatic heterocycles. The molecular formula is C15H17BF2N2O2. The highest BCUT2D eigenvalue weighted by molar-refractivity contribution is 6.61. The Bertz CT molecular complexity index is 699. The Hall–Kier alpha value is -1.73. The fraction of sp³-hybridized carbons (Fsp3) is 0.400. The van der Waals surface area contributed by atoms with Crippen molar-refractivity contribution in [1.29, 1.82) is 0 Å². The number of hydrogen-bond acceptors (Lipinski definition) is 3. The third-order valence-electron chi connectivity index (χ3n) is 4.29. The van der Waals surface area contributed by atoms with Gasteiger partial charge in [-0.2, -0.15) is 4.39 Å². The molecule has 1 aliphatic rings. The molecule has 0 bridgehead atoms. The Morgan fingerprint density at radius 2 is 1.64 bits per heavy atom. The number of aromatic nitrogens is 2. The number of hydrogen-bond donors (Lipinski definition) is 0. The van der Waals surface area contributed by atoms with Gasteiger partial charge < -0.3 is 9.31 Å². The maximum Gasteiger partial charge on any atom is 0.516 e. The van der Waals surface area contributed by atoms with Gasteiger partial charge in [0, 0.05) is 6.20 Å². The van der Waals surface area contributed by atoms with Crippen LogP contribution in [0.1, 0.15) is 27.7 Å². The predicted octanol–water partition coefficient (Wildman–Crippen LogP) is 2.45. The molecule has 0 saturated carbocycles. The molecule has 1 saturated heterocycles. The van der Waals surface area contributed by atoms with Crippen LogP contribution in [0.3, 0.4) is 0 Å². The summed E-state index contributed by atoms with van der Waals surface area (Å²) in [5, 5.41) is 0. The number of para-hydroxylation sites is 1. The van der Waals surface area contributed by atoms with Gasteiger partial charge in [0.15, 0.2) is 0 Å². The monoisotopic (exact) mass is 306 g/mol. The zero-order valence-electron chi connectivity index (χ0n) is 12.9. The Kier molecular flexibility index (Phi) is 3.38. The van der Waals surface area contributed by atoms with Crippen molar-refractivity contribution in [2.24, 2.45) is 0 Å². The van der Waals surface area contributed by atoms with Crippen molar-refractivity contribution < 1.29 is 18.1 Å². The molecule has 3 rings (SSSR count). The lowest BCUT2D eigenvalue weighted by atomic mass is 9.86. The molecule has 0 amide bonds. The average molecular weight is 306 g/mol. The number of rotatable bonds is 2.